The van der Waals surface area contributed by atoms with Gasteiger partial charge in [-0.15, -0.1) is 11.3 Å². The maximum atomic E-state index is 12.4. The smallest absolute Gasteiger partial charge is 0.339 e. The third-order valence-corrected chi connectivity index (χ3v) is 5.04. The molecule has 2 aromatic rings. The number of carbonyl (C=O) groups excluding carboxylic acids is 2. The van der Waals surface area contributed by atoms with E-state index in [1.54, 1.807) is 12.1 Å². The molecule has 0 radical (unpaired) electrons. The van der Waals surface area contributed by atoms with Crippen LogP contribution in [-0.2, 0) is 16.0 Å². The second kappa shape index (κ2) is 5.86. The molecule has 1 atom stereocenters. The molecule has 1 aromatic heterocycles. The van der Waals surface area contributed by atoms with Gasteiger partial charge in [0.2, 0.25) is 0 Å². The number of aryl methyl sites for hydroxylation is 1. The van der Waals surface area contributed by atoms with Gasteiger partial charge in [-0.2, -0.15) is 5.26 Å². The minimum Gasteiger partial charge on any atom is -0.448 e. The van der Waals surface area contributed by atoms with E-state index in [1.807, 2.05) is 26.0 Å². The molecule has 2 heterocycles. The van der Waals surface area contributed by atoms with Crippen LogP contribution in [0.2, 0.25) is 0 Å². The molecule has 0 fully saturated rings. The summed E-state index contributed by atoms with van der Waals surface area (Å²) in [7, 11) is 0. The second-order valence-electron chi connectivity index (χ2n) is 5.34. The predicted octanol–water partition coefficient (Wildman–Crippen LogP) is 2.96. The largest absolute Gasteiger partial charge is 0.448 e. The molecule has 23 heavy (non-hydrogen) atoms. The van der Waals surface area contributed by atoms with Gasteiger partial charge in [0.15, 0.2) is 6.10 Å². The van der Waals surface area contributed by atoms with Crippen LogP contribution in [0, 0.1) is 25.2 Å². The molecule has 1 aromatic carbocycles. The summed E-state index contributed by atoms with van der Waals surface area (Å²) in [5.74, 6) is -0.906. The number of fused-ring (bicyclic) bond motifs is 1. The van der Waals surface area contributed by atoms with Crippen molar-refractivity contribution in [1.29, 1.82) is 5.26 Å². The van der Waals surface area contributed by atoms with Crippen LogP contribution >= 0.6 is 11.3 Å². The summed E-state index contributed by atoms with van der Waals surface area (Å²) in [5, 5.41) is 12.5. The SMILES string of the molecule is Cc1sc(NC(=O)[C@@H]2Cc3ccccc3C(=O)O2)c(C#N)c1C. The zero-order valence-corrected chi connectivity index (χ0v) is 13.5. The lowest BCUT2D eigenvalue weighted by atomic mass is 9.98. The fourth-order valence-corrected chi connectivity index (χ4v) is 3.53. The van der Waals surface area contributed by atoms with Crippen LogP contribution in [0.1, 0.15) is 31.9 Å². The van der Waals surface area contributed by atoms with Crippen LogP contribution in [0.5, 0.6) is 0 Å². The molecule has 0 saturated carbocycles. The molecule has 116 valence electrons. The van der Waals surface area contributed by atoms with Crippen molar-refractivity contribution in [2.75, 3.05) is 5.32 Å². The van der Waals surface area contributed by atoms with Crippen molar-refractivity contribution in [1.82, 2.24) is 0 Å². The first-order valence-electron chi connectivity index (χ1n) is 7.11. The Balaban J connectivity index is 1.82. The monoisotopic (exact) mass is 326 g/mol. The third kappa shape index (κ3) is 2.71. The predicted molar refractivity (Wildman–Crippen MR) is 86.5 cm³/mol. The quantitative estimate of drug-likeness (QED) is 0.861. The van der Waals surface area contributed by atoms with E-state index in [2.05, 4.69) is 11.4 Å². The van der Waals surface area contributed by atoms with Crippen LogP contribution in [0.25, 0.3) is 0 Å². The van der Waals surface area contributed by atoms with E-state index < -0.39 is 18.0 Å². The summed E-state index contributed by atoms with van der Waals surface area (Å²) in [4.78, 5) is 25.4. The summed E-state index contributed by atoms with van der Waals surface area (Å²) < 4.78 is 5.23. The van der Waals surface area contributed by atoms with Gasteiger partial charge in [0.1, 0.15) is 11.1 Å². The van der Waals surface area contributed by atoms with E-state index in [0.717, 1.165) is 16.0 Å². The van der Waals surface area contributed by atoms with Crippen LogP contribution in [-0.4, -0.2) is 18.0 Å². The molecule has 1 aliphatic rings. The van der Waals surface area contributed by atoms with Crippen molar-refractivity contribution >= 4 is 28.2 Å². The first-order valence-corrected chi connectivity index (χ1v) is 7.92. The number of nitrogens with zero attached hydrogens (tertiary/aromatic N) is 1. The first-order chi connectivity index (χ1) is 11.0. The standard InChI is InChI=1S/C17H14N2O3S/c1-9-10(2)23-16(13(9)8-18)19-15(20)14-7-11-5-3-4-6-12(11)17(21)22-14/h3-6,14H,7H2,1-2H3,(H,19,20)/t14-/m0/s1. The lowest BCUT2D eigenvalue weighted by molar-refractivity contribution is -0.125. The van der Waals surface area contributed by atoms with Gasteiger partial charge in [-0.3, -0.25) is 4.79 Å². The molecule has 1 aliphatic heterocycles. The first kappa shape index (κ1) is 15.3. The van der Waals surface area contributed by atoms with E-state index >= 15 is 0 Å². The number of ether oxygens (including phenoxy) is 1. The summed E-state index contributed by atoms with van der Waals surface area (Å²) in [6, 6.07) is 9.19. The van der Waals surface area contributed by atoms with Crippen molar-refractivity contribution in [3.8, 4) is 6.07 Å². The third-order valence-electron chi connectivity index (χ3n) is 3.92. The number of cyclic esters (lactones) is 1. The number of benzene rings is 1. The number of hydrogen-bond donors (Lipinski definition) is 1. The number of nitriles is 1. The Morgan fingerprint density at radius 2 is 2.13 bits per heavy atom. The highest BCUT2D eigenvalue weighted by atomic mass is 32.1. The van der Waals surface area contributed by atoms with Crippen LogP contribution in [0.4, 0.5) is 5.00 Å². The summed E-state index contributed by atoms with van der Waals surface area (Å²) >= 11 is 1.35. The maximum absolute atomic E-state index is 12.4. The highest BCUT2D eigenvalue weighted by molar-refractivity contribution is 7.16. The molecule has 5 nitrogen and oxygen atoms in total. The number of carbonyl (C=O) groups is 2. The average molecular weight is 326 g/mol. The Morgan fingerprint density at radius 1 is 1.39 bits per heavy atom. The van der Waals surface area contributed by atoms with E-state index in [4.69, 9.17) is 4.74 Å². The number of hydrogen-bond acceptors (Lipinski definition) is 5. The Kier molecular flexibility index (Phi) is 3.89. The van der Waals surface area contributed by atoms with Gasteiger partial charge in [0, 0.05) is 11.3 Å². The van der Waals surface area contributed by atoms with Gasteiger partial charge in [-0.05, 0) is 31.0 Å². The molecule has 6 heteroatoms. The van der Waals surface area contributed by atoms with E-state index in [1.165, 1.54) is 11.3 Å². The zero-order chi connectivity index (χ0) is 16.6. The van der Waals surface area contributed by atoms with Gasteiger partial charge in [-0.1, -0.05) is 18.2 Å². The molecule has 0 bridgehead atoms. The molecule has 1 amide bonds. The number of nitrogens with one attached hydrogen (secondary N) is 1. The highest BCUT2D eigenvalue weighted by Gasteiger charge is 2.31. The Morgan fingerprint density at radius 3 is 2.87 bits per heavy atom. The highest BCUT2D eigenvalue weighted by Crippen LogP contribution is 2.32. The van der Waals surface area contributed by atoms with E-state index in [9.17, 15) is 14.9 Å². The van der Waals surface area contributed by atoms with Crippen LogP contribution in [0.3, 0.4) is 0 Å². The number of thiophene rings is 1. The molecular formula is C17H14N2O3S. The van der Waals surface area contributed by atoms with Crippen LogP contribution < -0.4 is 5.32 Å². The van der Waals surface area contributed by atoms with Crippen molar-refractivity contribution in [3.05, 3.63) is 51.4 Å². The van der Waals surface area contributed by atoms with Crippen molar-refractivity contribution < 1.29 is 14.3 Å². The number of anilines is 1. The van der Waals surface area contributed by atoms with Gasteiger partial charge >= 0.3 is 5.97 Å². The summed E-state index contributed by atoms with van der Waals surface area (Å²) in [6.45, 7) is 3.74. The van der Waals surface area contributed by atoms with Gasteiger partial charge in [0.05, 0.1) is 11.1 Å². The van der Waals surface area contributed by atoms with Crippen LogP contribution in [0.15, 0.2) is 24.3 Å². The summed E-state index contributed by atoms with van der Waals surface area (Å²) in [6.07, 6.45) is -0.550. The molecule has 0 unspecified atom stereocenters. The topological polar surface area (TPSA) is 79.2 Å². The Labute approximate surface area is 137 Å². The van der Waals surface area contributed by atoms with Crippen molar-refractivity contribution in [2.45, 2.75) is 26.4 Å². The number of amides is 1. The van der Waals surface area contributed by atoms with Crippen molar-refractivity contribution in [3.63, 3.8) is 0 Å². The molecular weight excluding hydrogens is 312 g/mol. The maximum Gasteiger partial charge on any atom is 0.339 e. The average Bonchev–Trinajstić information content (AvgIpc) is 2.81. The van der Waals surface area contributed by atoms with E-state index in [-0.39, 0.29) is 0 Å². The van der Waals surface area contributed by atoms with Gasteiger partial charge in [-0.25, -0.2) is 4.79 Å². The fraction of sp³-hybridized carbons (Fsp3) is 0.235. The van der Waals surface area contributed by atoms with Gasteiger partial charge in [0.25, 0.3) is 5.91 Å². The molecule has 0 aliphatic carbocycles. The molecule has 3 rings (SSSR count). The molecule has 0 saturated heterocycles. The Bertz CT molecular complexity index is 848. The van der Waals surface area contributed by atoms with E-state index in [0.29, 0.717) is 22.5 Å². The molecule has 1 N–H and O–H groups in total. The number of rotatable bonds is 2. The lowest BCUT2D eigenvalue weighted by Gasteiger charge is -2.23. The normalized spacial score (nSPS) is 16.2. The molecule has 0 spiro atoms. The lowest BCUT2D eigenvalue weighted by Crippen LogP contribution is -2.37. The minimum absolute atomic E-state index is 0.332. The summed E-state index contributed by atoms with van der Waals surface area (Å²) in [5.41, 5.74) is 2.61. The number of esters is 1. The van der Waals surface area contributed by atoms with Gasteiger partial charge < -0.3 is 10.1 Å². The second-order valence-corrected chi connectivity index (χ2v) is 6.57. The minimum atomic E-state index is -0.883. The van der Waals surface area contributed by atoms with Crippen molar-refractivity contribution in [2.24, 2.45) is 0 Å². The Hall–Kier alpha value is -2.65. The zero-order valence-electron chi connectivity index (χ0n) is 12.7. The fourth-order valence-electron chi connectivity index (χ4n) is 2.52.